The molecule has 8 heteroatoms. The Kier molecular flexibility index (Phi) is 2.50. The summed E-state index contributed by atoms with van der Waals surface area (Å²) in [5, 5.41) is 1.46. The van der Waals surface area contributed by atoms with E-state index < -0.39 is 110 Å². The number of carbonyl (C=O) groups excluding carboxylic acids is 3. The third-order valence-corrected chi connectivity index (χ3v) is 4.47. The van der Waals surface area contributed by atoms with Crippen molar-refractivity contribution in [3.8, 4) is 5.75 Å². The second kappa shape index (κ2) is 9.33. The second-order valence-corrected chi connectivity index (χ2v) is 6.57. The summed E-state index contributed by atoms with van der Waals surface area (Å²) in [5.41, 5.74) is -2.49. The monoisotopic (exact) mass is 468 g/mol. The molecule has 3 amide bonds. The molecule has 2 aromatic carbocycles. The maximum Gasteiger partial charge on any atom is 0.255 e. The summed E-state index contributed by atoms with van der Waals surface area (Å²) in [6.45, 7) is -24.1. The number of nitrogens with zero attached hydrogens (tertiary/aromatic N) is 2. The Balaban J connectivity index is 1.51. The molecule has 3 heterocycles. The first-order valence-electron chi connectivity index (χ1n) is 18.8. The van der Waals surface area contributed by atoms with E-state index in [0.717, 1.165) is 42.5 Å². The van der Waals surface area contributed by atoms with Crippen LogP contribution in [0.5, 0.6) is 5.75 Å². The van der Waals surface area contributed by atoms with Gasteiger partial charge in [-0.1, -0.05) is 30.3 Å². The fraction of sp³-hybridized carbons (Fsp3) is 0.400. The molecule has 5 rings (SSSR count). The number of imide groups is 1. The molecule has 2 fully saturated rings. The first-order valence-corrected chi connectivity index (χ1v) is 9.34. The van der Waals surface area contributed by atoms with Crippen LogP contribution in [0.3, 0.4) is 0 Å². The zero-order valence-corrected chi connectivity index (χ0v) is 16.5. The van der Waals surface area contributed by atoms with Gasteiger partial charge < -0.3 is 14.4 Å². The van der Waals surface area contributed by atoms with Gasteiger partial charge in [0.05, 0.1) is 32.0 Å². The smallest absolute Gasteiger partial charge is 0.255 e. The number of nitrogens with one attached hydrogen (secondary N) is 1. The highest BCUT2D eigenvalue weighted by Crippen LogP contribution is 2.34. The Labute approximate surface area is 219 Å². The molecular formula is C25H27N3O5. The number of hydrogen-bond acceptors (Lipinski definition) is 6. The summed E-state index contributed by atoms with van der Waals surface area (Å²) in [6.07, 6.45) is -7.45. The van der Waals surface area contributed by atoms with Crippen LogP contribution in [0.25, 0.3) is 0 Å². The Morgan fingerprint density at radius 2 is 1.88 bits per heavy atom. The number of ether oxygens (including phenoxy) is 2. The van der Waals surface area contributed by atoms with Crippen molar-refractivity contribution in [3.05, 3.63) is 64.7 Å². The number of rotatable bonds is 6. The summed E-state index contributed by atoms with van der Waals surface area (Å²) in [7, 11) is 0. The molecule has 0 spiro atoms. The van der Waals surface area contributed by atoms with Gasteiger partial charge in [0.15, 0.2) is 0 Å². The fourth-order valence-electron chi connectivity index (χ4n) is 2.98. The number of piperidine rings is 1. The van der Waals surface area contributed by atoms with Crippen molar-refractivity contribution >= 4 is 17.7 Å². The molecule has 172 valence electrons. The van der Waals surface area contributed by atoms with Crippen LogP contribution in [-0.4, -0.2) is 59.7 Å². The Morgan fingerprint density at radius 3 is 2.67 bits per heavy atom. The van der Waals surface area contributed by atoms with Gasteiger partial charge in [0.25, 0.3) is 5.91 Å². The molecule has 0 aliphatic carbocycles. The molecule has 2 saturated heterocycles. The van der Waals surface area contributed by atoms with E-state index in [1.165, 1.54) is 5.32 Å². The zero-order chi connectivity index (χ0) is 39.8. The summed E-state index contributed by atoms with van der Waals surface area (Å²) >= 11 is 0. The number of amides is 3. The Hall–Kier alpha value is -3.23. The molecule has 0 bridgehead atoms. The molecule has 0 radical (unpaired) electrons. The van der Waals surface area contributed by atoms with Crippen LogP contribution in [0.4, 0.5) is 0 Å². The predicted octanol–water partition coefficient (Wildman–Crippen LogP) is 1.86. The minimum atomic E-state index is -3.83. The summed E-state index contributed by atoms with van der Waals surface area (Å²) < 4.78 is 167. The van der Waals surface area contributed by atoms with Crippen molar-refractivity contribution in [2.75, 3.05) is 26.1 Å². The van der Waals surface area contributed by atoms with Gasteiger partial charge in [0.1, 0.15) is 18.3 Å². The van der Waals surface area contributed by atoms with Crippen LogP contribution in [0.1, 0.15) is 65.8 Å². The van der Waals surface area contributed by atoms with E-state index in [-0.39, 0.29) is 9.80 Å². The largest absolute Gasteiger partial charge is 0.489 e. The van der Waals surface area contributed by atoms with Gasteiger partial charge in [0, 0.05) is 50.7 Å². The van der Waals surface area contributed by atoms with Gasteiger partial charge in [-0.25, -0.2) is 0 Å². The van der Waals surface area contributed by atoms with Gasteiger partial charge in [-0.15, -0.1) is 0 Å². The average molecular weight is 469 g/mol. The first-order chi connectivity index (χ1) is 23.2. The third-order valence-electron chi connectivity index (χ3n) is 4.47. The van der Waals surface area contributed by atoms with Gasteiger partial charge in [0.2, 0.25) is 11.8 Å². The molecule has 0 unspecified atom stereocenters. The molecule has 2 aromatic rings. The van der Waals surface area contributed by atoms with Crippen LogP contribution in [0, 0.1) is 0 Å². The second-order valence-electron chi connectivity index (χ2n) is 6.57. The fourth-order valence-corrected chi connectivity index (χ4v) is 2.98. The Bertz CT molecular complexity index is 1840. The number of fused-ring (bicyclic) bond motifs is 1. The lowest BCUT2D eigenvalue weighted by Gasteiger charge is -2.29. The lowest BCUT2D eigenvalue weighted by Crippen LogP contribution is -2.52. The van der Waals surface area contributed by atoms with E-state index in [4.69, 9.17) is 30.8 Å². The SMILES string of the molecule is [2H]C([2H])(Oc1cccc2c1C([2H])([2H])N([C@@]1([2H])C(=O)NC(=O)C([2H])([2H])C1([2H])[2H])C2=O)c1ccc(C([2H])([2H])N2C([2H])([2H])C([2H])([2H])OC([2H])([2H])C2([2H])[2H])cc1. The maximum absolute atomic E-state index is 13.6. The molecule has 33 heavy (non-hydrogen) atoms. The lowest BCUT2D eigenvalue weighted by atomic mass is 10.0. The highest BCUT2D eigenvalue weighted by atomic mass is 16.5. The standard InChI is InChI=1S/C25H27N3O5/c29-23-9-8-21(24(30)26-23)28-15-20-19(25(28)31)2-1-3-22(20)33-16-18-6-4-17(5-7-18)14-27-10-12-32-13-11-27/h1-7,21H,8-16H2,(H,26,29,30)/t21-/m1/s1/i8D2,9D2,10D2,11D2,12D2,13D2,14D2,15D2,16D2,21D. The zero-order valence-electron chi connectivity index (χ0n) is 35.5. The summed E-state index contributed by atoms with van der Waals surface area (Å²) in [4.78, 5) is 38.1. The van der Waals surface area contributed by atoms with Crippen molar-refractivity contribution in [2.45, 2.75) is 38.3 Å². The van der Waals surface area contributed by atoms with Crippen LogP contribution >= 0.6 is 0 Å². The molecule has 1 N–H and O–H groups in total. The number of morpholine rings is 1. The van der Waals surface area contributed by atoms with E-state index in [1.54, 1.807) is 0 Å². The Morgan fingerprint density at radius 1 is 1.12 bits per heavy atom. The van der Waals surface area contributed by atoms with Gasteiger partial charge in [-0.2, -0.15) is 0 Å². The quantitative estimate of drug-likeness (QED) is 0.651. The molecule has 3 aliphatic heterocycles. The normalized spacial score (nSPS) is 43.5. The van der Waals surface area contributed by atoms with E-state index in [1.807, 2.05) is 0 Å². The van der Waals surface area contributed by atoms with Gasteiger partial charge >= 0.3 is 0 Å². The summed E-state index contributed by atoms with van der Waals surface area (Å²) in [5.74, 6) is -5.85. The van der Waals surface area contributed by atoms with Gasteiger partial charge in [-0.3, -0.25) is 24.6 Å². The van der Waals surface area contributed by atoms with E-state index in [0.29, 0.717) is 0 Å². The minimum absolute atomic E-state index is 0.211. The number of carbonyl (C=O) groups is 3. The van der Waals surface area contributed by atoms with Crippen molar-refractivity contribution < 1.29 is 49.9 Å². The maximum atomic E-state index is 13.6. The number of benzene rings is 2. The van der Waals surface area contributed by atoms with Crippen LogP contribution in [0.2, 0.25) is 0 Å². The average Bonchev–Trinajstić information content (AvgIpc) is 3.19. The summed E-state index contributed by atoms with van der Waals surface area (Å²) in [6, 6.07) is 2.78. The number of hydrogen-bond donors (Lipinski definition) is 1. The first kappa shape index (κ1) is 8.85. The predicted molar refractivity (Wildman–Crippen MR) is 119 cm³/mol. The van der Waals surface area contributed by atoms with Crippen LogP contribution in [-0.2, 0) is 33.9 Å². The van der Waals surface area contributed by atoms with Crippen molar-refractivity contribution in [1.29, 1.82) is 0 Å². The third kappa shape index (κ3) is 4.62. The molecule has 1 atom stereocenters. The van der Waals surface area contributed by atoms with Gasteiger partial charge in [-0.05, 0) is 29.6 Å². The molecular weight excluding hydrogens is 422 g/mol. The van der Waals surface area contributed by atoms with Crippen molar-refractivity contribution in [2.24, 2.45) is 0 Å². The van der Waals surface area contributed by atoms with Crippen molar-refractivity contribution in [1.82, 2.24) is 15.1 Å². The van der Waals surface area contributed by atoms with Crippen LogP contribution in [0.15, 0.2) is 42.5 Å². The topological polar surface area (TPSA) is 88.2 Å². The molecule has 0 saturated carbocycles. The van der Waals surface area contributed by atoms with Crippen LogP contribution < -0.4 is 10.1 Å². The van der Waals surface area contributed by atoms with E-state index in [2.05, 4.69) is 4.74 Å². The van der Waals surface area contributed by atoms with E-state index in [9.17, 15) is 14.4 Å². The highest BCUT2D eigenvalue weighted by molar-refractivity contribution is 6.05. The molecule has 8 nitrogen and oxygen atoms in total. The molecule has 3 aliphatic rings. The lowest BCUT2D eigenvalue weighted by molar-refractivity contribution is -0.136. The minimum Gasteiger partial charge on any atom is -0.489 e. The highest BCUT2D eigenvalue weighted by Gasteiger charge is 2.40. The van der Waals surface area contributed by atoms with E-state index >= 15 is 0 Å². The molecule has 0 aromatic heterocycles. The van der Waals surface area contributed by atoms with Crippen molar-refractivity contribution in [3.63, 3.8) is 0 Å².